The Kier molecular flexibility index (Phi) is 7.25. The van der Waals surface area contributed by atoms with E-state index in [0.717, 1.165) is 60.4 Å². The molecule has 0 atom stereocenters. The van der Waals surface area contributed by atoms with Gasteiger partial charge in [-0.1, -0.05) is 140 Å². The fourth-order valence-corrected chi connectivity index (χ4v) is 8.33. The van der Waals surface area contributed by atoms with Crippen LogP contribution >= 0.6 is 11.3 Å². The van der Waals surface area contributed by atoms with Gasteiger partial charge in [0.1, 0.15) is 5.82 Å². The van der Waals surface area contributed by atoms with Gasteiger partial charge in [0.05, 0.1) is 11.0 Å². The predicted octanol–water partition coefficient (Wildman–Crippen LogP) is 11.9. The van der Waals surface area contributed by atoms with Crippen molar-refractivity contribution in [3.8, 4) is 62.4 Å². The molecule has 6 heteroatoms. The first-order chi connectivity index (χ1) is 25.8. The van der Waals surface area contributed by atoms with Crippen molar-refractivity contribution in [2.45, 2.75) is 0 Å². The summed E-state index contributed by atoms with van der Waals surface area (Å²) >= 11 is 1.77. The van der Waals surface area contributed by atoms with Crippen molar-refractivity contribution in [2.75, 3.05) is 0 Å². The highest BCUT2D eigenvalue weighted by Gasteiger charge is 2.21. The largest absolute Gasteiger partial charge is 0.292 e. The van der Waals surface area contributed by atoms with E-state index in [1.807, 2.05) is 66.7 Å². The Morgan fingerprint density at radius 3 is 1.52 bits per heavy atom. The topological polar surface area (TPSA) is 56.5 Å². The second-order valence-electron chi connectivity index (χ2n) is 12.7. The lowest BCUT2D eigenvalue weighted by atomic mass is 10.1. The fourth-order valence-electron chi connectivity index (χ4n) is 7.01. The summed E-state index contributed by atoms with van der Waals surface area (Å²) in [5.74, 6) is 2.85. The first-order valence-electron chi connectivity index (χ1n) is 17.2. The molecule has 5 nitrogen and oxygen atoms in total. The molecule has 0 N–H and O–H groups in total. The molecule has 0 aliphatic rings. The van der Waals surface area contributed by atoms with Crippen LogP contribution in [0.5, 0.6) is 0 Å². The van der Waals surface area contributed by atoms with Crippen LogP contribution in [-0.4, -0.2) is 24.5 Å². The van der Waals surface area contributed by atoms with Gasteiger partial charge >= 0.3 is 0 Å². The highest BCUT2D eigenvalue weighted by molar-refractivity contribution is 7.26. The first-order valence-corrected chi connectivity index (χ1v) is 18.1. The third-order valence-electron chi connectivity index (χ3n) is 9.48. The summed E-state index contributed by atoms with van der Waals surface area (Å²) in [5, 5.41) is 2.34. The zero-order chi connectivity index (χ0) is 34.4. The van der Waals surface area contributed by atoms with Gasteiger partial charge in [-0.05, 0) is 47.5 Å². The normalized spacial score (nSPS) is 11.5. The molecule has 0 bridgehead atoms. The Balaban J connectivity index is 1.20. The number of rotatable bonds is 6. The lowest BCUT2D eigenvalue weighted by Crippen LogP contribution is -2.00. The molecule has 3 aromatic heterocycles. The molecule has 3 heterocycles. The van der Waals surface area contributed by atoms with E-state index in [1.54, 1.807) is 11.3 Å². The van der Waals surface area contributed by atoms with Gasteiger partial charge in [-0.3, -0.25) is 4.57 Å². The zero-order valence-corrected chi connectivity index (χ0v) is 28.7. The van der Waals surface area contributed by atoms with Crippen LogP contribution < -0.4 is 0 Å². The molecule has 10 rings (SSSR count). The number of hydrogen-bond acceptors (Lipinski definition) is 5. The lowest BCUT2D eigenvalue weighted by Gasteiger charge is -2.10. The Bertz CT molecular complexity index is 2820. The van der Waals surface area contributed by atoms with Gasteiger partial charge in [0.15, 0.2) is 17.5 Å². The Morgan fingerprint density at radius 2 is 0.904 bits per heavy atom. The van der Waals surface area contributed by atoms with Crippen LogP contribution in [0.4, 0.5) is 0 Å². The smallest absolute Gasteiger partial charge is 0.165 e. The van der Waals surface area contributed by atoms with Crippen LogP contribution in [0.2, 0.25) is 0 Å². The Morgan fingerprint density at radius 1 is 0.385 bits per heavy atom. The fraction of sp³-hybridized carbons (Fsp3) is 0. The monoisotopic (exact) mass is 683 g/mol. The van der Waals surface area contributed by atoms with Crippen molar-refractivity contribution in [2.24, 2.45) is 0 Å². The molecule has 0 aliphatic heterocycles. The average molecular weight is 684 g/mol. The van der Waals surface area contributed by atoms with Crippen LogP contribution in [0, 0.1) is 0 Å². The summed E-state index contributed by atoms with van der Waals surface area (Å²) in [5.41, 5.74) is 9.35. The molecule has 244 valence electrons. The minimum absolute atomic E-state index is 0.648. The van der Waals surface area contributed by atoms with E-state index in [2.05, 4.69) is 114 Å². The van der Waals surface area contributed by atoms with Gasteiger partial charge in [-0.15, -0.1) is 11.3 Å². The minimum Gasteiger partial charge on any atom is -0.292 e. The average Bonchev–Trinajstić information content (AvgIpc) is 3.81. The van der Waals surface area contributed by atoms with Crippen molar-refractivity contribution < 1.29 is 0 Å². The van der Waals surface area contributed by atoms with Crippen molar-refractivity contribution >= 4 is 42.5 Å². The van der Waals surface area contributed by atoms with Gasteiger partial charge in [-0.2, -0.15) is 0 Å². The molecule has 52 heavy (non-hydrogen) atoms. The number of benzene rings is 7. The molecule has 10 aromatic rings. The molecular weight excluding hydrogens is 655 g/mol. The molecule has 0 saturated heterocycles. The van der Waals surface area contributed by atoms with E-state index >= 15 is 0 Å². The van der Waals surface area contributed by atoms with Crippen molar-refractivity contribution in [3.05, 3.63) is 176 Å². The van der Waals surface area contributed by atoms with E-state index in [9.17, 15) is 0 Å². The highest BCUT2D eigenvalue weighted by atomic mass is 32.1. The van der Waals surface area contributed by atoms with Gasteiger partial charge in [0.2, 0.25) is 0 Å². The molecular formula is C46H29N5S. The minimum atomic E-state index is 0.648. The summed E-state index contributed by atoms with van der Waals surface area (Å²) in [6, 6.07) is 60.8. The van der Waals surface area contributed by atoms with E-state index in [1.165, 1.54) is 15.6 Å². The van der Waals surface area contributed by atoms with Crippen LogP contribution in [0.15, 0.2) is 176 Å². The van der Waals surface area contributed by atoms with Gasteiger partial charge in [0.25, 0.3) is 0 Å². The van der Waals surface area contributed by atoms with Crippen molar-refractivity contribution in [3.63, 3.8) is 0 Å². The van der Waals surface area contributed by atoms with Crippen LogP contribution in [0.25, 0.3) is 93.6 Å². The predicted molar refractivity (Wildman–Crippen MR) is 215 cm³/mol. The molecule has 0 saturated carbocycles. The van der Waals surface area contributed by atoms with Gasteiger partial charge < -0.3 is 0 Å². The number of fused-ring (bicyclic) bond motifs is 4. The second-order valence-corrected chi connectivity index (χ2v) is 13.7. The highest BCUT2D eigenvalue weighted by Crippen LogP contribution is 2.44. The van der Waals surface area contributed by atoms with Gasteiger partial charge in [0, 0.05) is 48.1 Å². The third kappa shape index (κ3) is 5.16. The maximum atomic E-state index is 5.37. The van der Waals surface area contributed by atoms with Crippen LogP contribution in [0.3, 0.4) is 0 Å². The van der Waals surface area contributed by atoms with Crippen LogP contribution in [0.1, 0.15) is 0 Å². The molecule has 7 aromatic carbocycles. The van der Waals surface area contributed by atoms with Crippen LogP contribution in [-0.2, 0) is 0 Å². The quantitative estimate of drug-likeness (QED) is 0.175. The molecule has 0 radical (unpaired) electrons. The number of nitrogens with zero attached hydrogens (tertiary/aromatic N) is 5. The van der Waals surface area contributed by atoms with Gasteiger partial charge in [-0.25, -0.2) is 19.9 Å². The molecule has 0 spiro atoms. The summed E-state index contributed by atoms with van der Waals surface area (Å²) in [4.78, 5) is 20.5. The number of hydrogen-bond donors (Lipinski definition) is 0. The SMILES string of the molecule is c1ccc(-c2ccc3c(c2)nc(-c2cccc4c2sc2c(-c5nc(-c6ccccc6)nc(-c6ccccc6)n5)cccc24)n3-c2ccccc2)cc1. The summed E-state index contributed by atoms with van der Waals surface area (Å²) in [6.07, 6.45) is 0. The first kappa shape index (κ1) is 30.1. The number of imidazole rings is 1. The van der Waals surface area contributed by atoms with Crippen molar-refractivity contribution in [1.29, 1.82) is 0 Å². The molecule has 0 aliphatic carbocycles. The third-order valence-corrected chi connectivity index (χ3v) is 10.8. The van der Waals surface area contributed by atoms with E-state index < -0.39 is 0 Å². The number of aromatic nitrogens is 5. The van der Waals surface area contributed by atoms with E-state index in [-0.39, 0.29) is 0 Å². The Hall–Kier alpha value is -6.76. The van der Waals surface area contributed by atoms with E-state index in [4.69, 9.17) is 19.9 Å². The van der Waals surface area contributed by atoms with Crippen molar-refractivity contribution in [1.82, 2.24) is 24.5 Å². The van der Waals surface area contributed by atoms with E-state index in [0.29, 0.717) is 17.5 Å². The zero-order valence-electron chi connectivity index (χ0n) is 27.9. The number of thiophene rings is 1. The molecule has 0 amide bonds. The summed E-state index contributed by atoms with van der Waals surface area (Å²) in [6.45, 7) is 0. The molecule has 0 fully saturated rings. The standard InChI is InChI=1S/C46H29N5S/c1-5-15-30(16-6-1)33-27-28-40-39(29-33)47-46(51(40)34-21-11-4-12-22-34)38-26-14-24-36-35-23-13-25-37(41(35)52-42(36)38)45-49-43(31-17-7-2-8-18-31)48-44(50-45)32-19-9-3-10-20-32/h1-29H. The lowest BCUT2D eigenvalue weighted by molar-refractivity contribution is 1.08. The second kappa shape index (κ2) is 12.5. The maximum absolute atomic E-state index is 5.37. The number of para-hydroxylation sites is 1. The Labute approximate surface area is 304 Å². The summed E-state index contributed by atoms with van der Waals surface area (Å²) < 4.78 is 4.58. The molecule has 0 unspecified atom stereocenters. The maximum Gasteiger partial charge on any atom is 0.165 e. The summed E-state index contributed by atoms with van der Waals surface area (Å²) in [7, 11) is 0.